The molecule has 2 atom stereocenters. The predicted octanol–water partition coefficient (Wildman–Crippen LogP) is 4.62. The number of hydrogen-bond donors (Lipinski definition) is 0. The summed E-state index contributed by atoms with van der Waals surface area (Å²) in [7, 11) is 0. The van der Waals surface area contributed by atoms with Crippen LogP contribution in [0.25, 0.3) is 0 Å². The molecule has 0 radical (unpaired) electrons. The highest BCUT2D eigenvalue weighted by Gasteiger charge is 2.40. The van der Waals surface area contributed by atoms with E-state index in [0.717, 1.165) is 11.8 Å². The molecule has 0 spiro atoms. The highest BCUT2D eigenvalue weighted by molar-refractivity contribution is 5.45. The first-order valence-electron chi connectivity index (χ1n) is 10.3. The van der Waals surface area contributed by atoms with Gasteiger partial charge in [-0.05, 0) is 113 Å². The maximum absolute atomic E-state index is 2.81. The molecule has 24 heavy (non-hydrogen) atoms. The average molecular weight is 325 g/mol. The minimum absolute atomic E-state index is 0.703. The number of rotatable bonds is 2. The Balaban J connectivity index is 1.58. The third-order valence-electron chi connectivity index (χ3n) is 7.68. The smallest absolute Gasteiger partial charge is 0.0356 e. The molecule has 0 saturated carbocycles. The Morgan fingerprint density at radius 3 is 1.33 bits per heavy atom. The van der Waals surface area contributed by atoms with Crippen molar-refractivity contribution in [2.24, 2.45) is 11.8 Å². The van der Waals surface area contributed by atoms with E-state index in [1.54, 1.807) is 22.3 Å². The molecule has 2 heteroatoms. The summed E-state index contributed by atoms with van der Waals surface area (Å²) in [5, 5.41) is 0. The van der Waals surface area contributed by atoms with Crippen LogP contribution in [-0.4, -0.2) is 36.0 Å². The second kappa shape index (κ2) is 5.85. The van der Waals surface area contributed by atoms with Crippen molar-refractivity contribution < 1.29 is 0 Å². The van der Waals surface area contributed by atoms with Crippen LogP contribution in [0.5, 0.6) is 0 Å². The fourth-order valence-electron chi connectivity index (χ4n) is 6.27. The van der Waals surface area contributed by atoms with Gasteiger partial charge in [0, 0.05) is 12.1 Å². The first kappa shape index (κ1) is 15.4. The van der Waals surface area contributed by atoms with E-state index >= 15 is 0 Å². The number of aryl methyl sites for hydroxylation is 2. The molecule has 6 saturated heterocycles. The maximum atomic E-state index is 2.81. The summed E-state index contributed by atoms with van der Waals surface area (Å²) in [6, 6.07) is 6.20. The van der Waals surface area contributed by atoms with E-state index in [1.807, 2.05) is 0 Å². The molecule has 2 unspecified atom stereocenters. The molecule has 0 aliphatic carbocycles. The first-order valence-corrected chi connectivity index (χ1v) is 10.3. The lowest BCUT2D eigenvalue weighted by molar-refractivity contribution is 0.0360. The van der Waals surface area contributed by atoms with Crippen molar-refractivity contribution in [3.63, 3.8) is 0 Å². The van der Waals surface area contributed by atoms with E-state index in [1.165, 1.54) is 64.7 Å². The minimum Gasteiger partial charge on any atom is -0.296 e. The van der Waals surface area contributed by atoms with E-state index in [2.05, 4.69) is 35.8 Å². The van der Waals surface area contributed by atoms with Gasteiger partial charge in [-0.2, -0.15) is 0 Å². The van der Waals surface area contributed by atoms with Crippen LogP contribution in [0.4, 0.5) is 0 Å². The number of benzene rings is 1. The molecule has 0 amide bonds. The van der Waals surface area contributed by atoms with Crippen LogP contribution in [-0.2, 0) is 0 Å². The first-order chi connectivity index (χ1) is 11.7. The van der Waals surface area contributed by atoms with Gasteiger partial charge in [0.1, 0.15) is 0 Å². The molecule has 6 aliphatic heterocycles. The SMILES string of the molecule is Cc1ccc(C)c(C2CC3CCN2CC3)c1C1CC2CCN1CC2. The Morgan fingerprint density at radius 1 is 0.667 bits per heavy atom. The van der Waals surface area contributed by atoms with Crippen molar-refractivity contribution >= 4 is 0 Å². The van der Waals surface area contributed by atoms with Gasteiger partial charge in [0.05, 0.1) is 0 Å². The summed E-state index contributed by atoms with van der Waals surface area (Å²) < 4.78 is 0. The van der Waals surface area contributed by atoms with Crippen LogP contribution in [0.2, 0.25) is 0 Å². The van der Waals surface area contributed by atoms with Crippen molar-refractivity contribution in [1.82, 2.24) is 9.80 Å². The van der Waals surface area contributed by atoms with Gasteiger partial charge >= 0.3 is 0 Å². The van der Waals surface area contributed by atoms with Gasteiger partial charge in [-0.3, -0.25) is 9.80 Å². The molecule has 4 bridgehead atoms. The molecular formula is C22H32N2. The fraction of sp³-hybridized carbons (Fsp3) is 0.727. The monoisotopic (exact) mass is 324 g/mol. The van der Waals surface area contributed by atoms with Gasteiger partial charge in [-0.1, -0.05) is 12.1 Å². The average Bonchev–Trinajstić information content (AvgIpc) is 2.65. The Bertz CT molecular complexity index is 566. The van der Waals surface area contributed by atoms with E-state index in [-0.39, 0.29) is 0 Å². The Morgan fingerprint density at radius 2 is 1.04 bits per heavy atom. The number of piperidine rings is 6. The van der Waals surface area contributed by atoms with E-state index in [0.29, 0.717) is 12.1 Å². The standard InChI is InChI=1S/C22H32N2/c1-15-3-4-16(2)22(20-14-18-7-11-24(20)12-8-18)21(15)19-13-17-5-9-23(19)10-6-17/h3-4,17-20H,5-14H2,1-2H3. The molecule has 0 N–H and O–H groups in total. The van der Waals surface area contributed by atoms with Crippen LogP contribution < -0.4 is 0 Å². The maximum Gasteiger partial charge on any atom is 0.0356 e. The summed E-state index contributed by atoms with van der Waals surface area (Å²) in [6.45, 7) is 10.1. The number of fused-ring (bicyclic) bond motifs is 6. The molecule has 1 aromatic rings. The summed E-state index contributed by atoms with van der Waals surface area (Å²) in [4.78, 5) is 5.61. The van der Waals surface area contributed by atoms with Crippen LogP contribution in [0.15, 0.2) is 12.1 Å². The molecule has 1 aromatic carbocycles. The normalized spacial score (nSPS) is 40.9. The van der Waals surface area contributed by atoms with Gasteiger partial charge in [0.25, 0.3) is 0 Å². The largest absolute Gasteiger partial charge is 0.296 e. The van der Waals surface area contributed by atoms with Gasteiger partial charge in [0.2, 0.25) is 0 Å². The van der Waals surface area contributed by atoms with E-state index < -0.39 is 0 Å². The van der Waals surface area contributed by atoms with E-state index in [9.17, 15) is 0 Å². The highest BCUT2D eigenvalue weighted by Crippen LogP contribution is 2.48. The third kappa shape index (κ3) is 2.37. The van der Waals surface area contributed by atoms with Crippen LogP contribution in [0.3, 0.4) is 0 Å². The second-order valence-electron chi connectivity index (χ2n) is 8.99. The topological polar surface area (TPSA) is 6.48 Å². The summed E-state index contributed by atoms with van der Waals surface area (Å²) >= 11 is 0. The third-order valence-corrected chi connectivity index (χ3v) is 7.68. The van der Waals surface area contributed by atoms with Gasteiger partial charge < -0.3 is 0 Å². The summed E-state index contributed by atoms with van der Waals surface area (Å²) in [5.41, 5.74) is 6.57. The summed E-state index contributed by atoms with van der Waals surface area (Å²) in [6.07, 6.45) is 8.58. The van der Waals surface area contributed by atoms with Crippen LogP contribution in [0, 0.1) is 25.7 Å². The Kier molecular flexibility index (Phi) is 3.75. The minimum atomic E-state index is 0.703. The predicted molar refractivity (Wildman–Crippen MR) is 99.2 cm³/mol. The Labute approximate surface area is 147 Å². The van der Waals surface area contributed by atoms with Crippen molar-refractivity contribution in [2.45, 2.75) is 64.5 Å². The molecule has 6 fully saturated rings. The molecule has 6 aliphatic rings. The molecule has 2 nitrogen and oxygen atoms in total. The van der Waals surface area contributed by atoms with Crippen LogP contribution in [0.1, 0.15) is 72.9 Å². The lowest BCUT2D eigenvalue weighted by Gasteiger charge is -2.50. The quantitative estimate of drug-likeness (QED) is 0.783. The fourth-order valence-corrected chi connectivity index (χ4v) is 6.27. The highest BCUT2D eigenvalue weighted by atomic mass is 15.2. The number of hydrogen-bond acceptors (Lipinski definition) is 2. The zero-order valence-corrected chi connectivity index (χ0v) is 15.4. The molecular weight excluding hydrogens is 292 g/mol. The molecule has 130 valence electrons. The van der Waals surface area contributed by atoms with Crippen molar-refractivity contribution in [1.29, 1.82) is 0 Å². The second-order valence-corrected chi connectivity index (χ2v) is 8.99. The van der Waals surface area contributed by atoms with Gasteiger partial charge in [-0.15, -0.1) is 0 Å². The molecule has 0 aromatic heterocycles. The zero-order valence-electron chi connectivity index (χ0n) is 15.4. The lowest BCUT2D eigenvalue weighted by atomic mass is 9.73. The lowest BCUT2D eigenvalue weighted by Crippen LogP contribution is -2.46. The Hall–Kier alpha value is -0.860. The number of nitrogens with zero attached hydrogens (tertiary/aromatic N) is 2. The van der Waals surface area contributed by atoms with Crippen molar-refractivity contribution in [2.75, 3.05) is 26.2 Å². The van der Waals surface area contributed by atoms with Gasteiger partial charge in [0.15, 0.2) is 0 Å². The van der Waals surface area contributed by atoms with Gasteiger partial charge in [-0.25, -0.2) is 0 Å². The zero-order chi connectivity index (χ0) is 16.3. The van der Waals surface area contributed by atoms with Crippen molar-refractivity contribution in [3.05, 3.63) is 34.4 Å². The summed E-state index contributed by atoms with van der Waals surface area (Å²) in [5.74, 6) is 1.96. The van der Waals surface area contributed by atoms with Crippen LogP contribution >= 0.6 is 0 Å². The molecule has 7 rings (SSSR count). The molecule has 6 heterocycles. The van der Waals surface area contributed by atoms with E-state index in [4.69, 9.17) is 0 Å². The van der Waals surface area contributed by atoms with Crippen molar-refractivity contribution in [3.8, 4) is 0 Å².